The summed E-state index contributed by atoms with van der Waals surface area (Å²) < 4.78 is 51.8. The van der Waals surface area contributed by atoms with Gasteiger partial charge in [0.05, 0.1) is 16.6 Å². The highest BCUT2D eigenvalue weighted by Crippen LogP contribution is 2.32. The smallest absolute Gasteiger partial charge is 0.338 e. The Bertz CT molecular complexity index is 814. The number of nitrogens with one attached hydrogen (secondary N) is 1. The van der Waals surface area contributed by atoms with Crippen LogP contribution in [0.1, 0.15) is 17.0 Å². The standard InChI is InChI=1S/C16H10F4N2/c17-15-10(4-3-5-11(15)16(18,19)20)8-9-14-21-12-6-1-2-7-13(12)22-14/h1-9H,(H,21,22). The molecule has 0 amide bonds. The zero-order valence-electron chi connectivity index (χ0n) is 11.2. The zero-order chi connectivity index (χ0) is 15.7. The third kappa shape index (κ3) is 2.72. The molecule has 112 valence electrons. The summed E-state index contributed by atoms with van der Waals surface area (Å²) in [7, 11) is 0. The maximum atomic E-state index is 13.9. The molecule has 1 heterocycles. The molecule has 1 aromatic heterocycles. The lowest BCUT2D eigenvalue weighted by Gasteiger charge is -2.08. The van der Waals surface area contributed by atoms with Crippen molar-refractivity contribution in [2.75, 3.05) is 0 Å². The molecule has 0 radical (unpaired) electrons. The van der Waals surface area contributed by atoms with E-state index in [2.05, 4.69) is 9.97 Å². The van der Waals surface area contributed by atoms with Crippen LogP contribution in [0.2, 0.25) is 0 Å². The van der Waals surface area contributed by atoms with E-state index in [1.165, 1.54) is 24.3 Å². The number of H-pyrrole nitrogens is 1. The molecule has 0 unspecified atom stereocenters. The third-order valence-electron chi connectivity index (χ3n) is 3.16. The minimum atomic E-state index is -4.71. The maximum absolute atomic E-state index is 13.9. The van der Waals surface area contributed by atoms with E-state index in [1.54, 1.807) is 6.07 Å². The predicted octanol–water partition coefficient (Wildman–Crippen LogP) is 4.89. The van der Waals surface area contributed by atoms with Crippen LogP contribution >= 0.6 is 0 Å². The van der Waals surface area contributed by atoms with E-state index in [0.29, 0.717) is 11.9 Å². The van der Waals surface area contributed by atoms with Gasteiger partial charge in [0.25, 0.3) is 0 Å². The van der Waals surface area contributed by atoms with Gasteiger partial charge in [0, 0.05) is 5.56 Å². The number of fused-ring (bicyclic) bond motifs is 1. The lowest BCUT2D eigenvalue weighted by Crippen LogP contribution is -2.08. The van der Waals surface area contributed by atoms with Crippen LogP contribution in [0.4, 0.5) is 17.6 Å². The van der Waals surface area contributed by atoms with Crippen molar-refractivity contribution in [1.29, 1.82) is 0 Å². The maximum Gasteiger partial charge on any atom is 0.419 e. The Morgan fingerprint density at radius 3 is 2.45 bits per heavy atom. The SMILES string of the molecule is Fc1c(C=Cc2nc3ccccc3[nH]2)cccc1C(F)(F)F. The Balaban J connectivity index is 1.95. The zero-order valence-corrected chi connectivity index (χ0v) is 11.2. The van der Waals surface area contributed by atoms with Crippen molar-refractivity contribution in [1.82, 2.24) is 9.97 Å². The molecule has 1 N–H and O–H groups in total. The molecule has 0 fully saturated rings. The first-order chi connectivity index (χ1) is 10.4. The first-order valence-corrected chi connectivity index (χ1v) is 6.44. The molecule has 0 bridgehead atoms. The predicted molar refractivity (Wildman–Crippen MR) is 76.4 cm³/mol. The van der Waals surface area contributed by atoms with E-state index < -0.39 is 17.6 Å². The molecule has 0 aliphatic rings. The number of alkyl halides is 3. The van der Waals surface area contributed by atoms with Gasteiger partial charge in [-0.2, -0.15) is 13.2 Å². The monoisotopic (exact) mass is 306 g/mol. The van der Waals surface area contributed by atoms with E-state index in [9.17, 15) is 17.6 Å². The minimum absolute atomic E-state index is 0.143. The lowest BCUT2D eigenvalue weighted by molar-refractivity contribution is -0.140. The second kappa shape index (κ2) is 5.29. The average molecular weight is 306 g/mol. The van der Waals surface area contributed by atoms with Crippen LogP contribution in [0.15, 0.2) is 42.5 Å². The third-order valence-corrected chi connectivity index (χ3v) is 3.16. The number of benzene rings is 2. The summed E-state index contributed by atoms with van der Waals surface area (Å²) in [4.78, 5) is 7.23. The fourth-order valence-electron chi connectivity index (χ4n) is 2.12. The number of hydrogen-bond acceptors (Lipinski definition) is 1. The van der Waals surface area contributed by atoms with Crippen molar-refractivity contribution in [2.45, 2.75) is 6.18 Å². The number of aromatic amines is 1. The molecule has 0 atom stereocenters. The van der Waals surface area contributed by atoms with Crippen LogP contribution in [-0.2, 0) is 6.18 Å². The molecule has 0 spiro atoms. The molecular formula is C16H10F4N2. The number of nitrogens with zero attached hydrogens (tertiary/aromatic N) is 1. The molecule has 0 aliphatic carbocycles. The van der Waals surface area contributed by atoms with Gasteiger partial charge in [0.15, 0.2) is 0 Å². The summed E-state index contributed by atoms with van der Waals surface area (Å²) in [6.07, 6.45) is -2.01. The largest absolute Gasteiger partial charge is 0.419 e. The second-order valence-electron chi connectivity index (χ2n) is 4.68. The van der Waals surface area contributed by atoms with Crippen molar-refractivity contribution in [2.24, 2.45) is 0 Å². The molecule has 2 aromatic carbocycles. The highest BCUT2D eigenvalue weighted by Gasteiger charge is 2.34. The highest BCUT2D eigenvalue weighted by atomic mass is 19.4. The van der Waals surface area contributed by atoms with Gasteiger partial charge < -0.3 is 4.98 Å². The van der Waals surface area contributed by atoms with Gasteiger partial charge in [-0.05, 0) is 30.4 Å². The molecule has 0 aliphatic heterocycles. The number of imidazole rings is 1. The van der Waals surface area contributed by atoms with E-state index >= 15 is 0 Å². The van der Waals surface area contributed by atoms with Crippen molar-refractivity contribution < 1.29 is 17.6 Å². The number of rotatable bonds is 2. The van der Waals surface area contributed by atoms with E-state index in [0.717, 1.165) is 11.0 Å². The van der Waals surface area contributed by atoms with Gasteiger partial charge in [-0.1, -0.05) is 24.3 Å². The van der Waals surface area contributed by atoms with Crippen molar-refractivity contribution in [3.63, 3.8) is 0 Å². The first-order valence-electron chi connectivity index (χ1n) is 6.44. The van der Waals surface area contributed by atoms with Crippen molar-refractivity contribution in [3.8, 4) is 0 Å². The van der Waals surface area contributed by atoms with Crippen molar-refractivity contribution in [3.05, 3.63) is 65.2 Å². The van der Waals surface area contributed by atoms with Gasteiger partial charge in [0.2, 0.25) is 0 Å². The Labute approximate surface area is 123 Å². The highest BCUT2D eigenvalue weighted by molar-refractivity contribution is 5.78. The molecule has 22 heavy (non-hydrogen) atoms. The summed E-state index contributed by atoms with van der Waals surface area (Å²) >= 11 is 0. The Hall–Kier alpha value is -2.63. The number of aromatic nitrogens is 2. The Morgan fingerprint density at radius 1 is 0.955 bits per heavy atom. The first kappa shape index (κ1) is 14.3. The molecule has 0 saturated heterocycles. The van der Waals surface area contributed by atoms with Crippen LogP contribution in [-0.4, -0.2) is 9.97 Å². The normalized spacial score (nSPS) is 12.4. The number of halogens is 4. The number of para-hydroxylation sites is 2. The second-order valence-corrected chi connectivity index (χ2v) is 4.68. The van der Waals surface area contributed by atoms with Crippen LogP contribution in [0.3, 0.4) is 0 Å². The summed E-state index contributed by atoms with van der Waals surface area (Å²) in [5.41, 5.74) is 0.105. The topological polar surface area (TPSA) is 28.7 Å². The van der Waals surface area contributed by atoms with Crippen LogP contribution < -0.4 is 0 Å². The van der Waals surface area contributed by atoms with Gasteiger partial charge >= 0.3 is 6.18 Å². The van der Waals surface area contributed by atoms with Gasteiger partial charge in [-0.25, -0.2) is 9.37 Å². The molecular weight excluding hydrogens is 296 g/mol. The summed E-state index contributed by atoms with van der Waals surface area (Å²) in [6, 6.07) is 10.4. The quantitative estimate of drug-likeness (QED) is 0.671. The molecule has 3 rings (SSSR count). The van der Waals surface area contributed by atoms with Gasteiger partial charge in [-0.15, -0.1) is 0 Å². The summed E-state index contributed by atoms with van der Waals surface area (Å²) in [5, 5.41) is 0. The van der Waals surface area contributed by atoms with Crippen molar-refractivity contribution >= 4 is 23.2 Å². The van der Waals surface area contributed by atoms with Crippen LogP contribution in [0, 0.1) is 5.82 Å². The van der Waals surface area contributed by atoms with E-state index in [-0.39, 0.29) is 5.56 Å². The lowest BCUT2D eigenvalue weighted by atomic mass is 10.1. The Morgan fingerprint density at radius 2 is 1.73 bits per heavy atom. The molecule has 3 aromatic rings. The Kier molecular flexibility index (Phi) is 3.44. The van der Waals surface area contributed by atoms with Gasteiger partial charge in [0.1, 0.15) is 11.6 Å². The number of hydrogen-bond donors (Lipinski definition) is 1. The summed E-state index contributed by atoms with van der Waals surface area (Å²) in [5.74, 6) is -0.847. The van der Waals surface area contributed by atoms with Gasteiger partial charge in [-0.3, -0.25) is 0 Å². The van der Waals surface area contributed by atoms with E-state index in [1.807, 2.05) is 18.2 Å². The average Bonchev–Trinajstić information content (AvgIpc) is 2.87. The molecule has 6 heteroatoms. The minimum Gasteiger partial charge on any atom is -0.338 e. The van der Waals surface area contributed by atoms with Crippen LogP contribution in [0.25, 0.3) is 23.2 Å². The fraction of sp³-hybridized carbons (Fsp3) is 0.0625. The molecule has 2 nitrogen and oxygen atoms in total. The summed E-state index contributed by atoms with van der Waals surface area (Å²) in [6.45, 7) is 0. The van der Waals surface area contributed by atoms with E-state index in [4.69, 9.17) is 0 Å². The van der Waals surface area contributed by atoms with Crippen LogP contribution in [0.5, 0.6) is 0 Å². The molecule has 0 saturated carbocycles. The fourth-order valence-corrected chi connectivity index (χ4v) is 2.12.